The average molecular weight is 268 g/mol. The number of halogens is 1. The molecule has 1 saturated heterocycles. The fraction of sp³-hybridized carbons (Fsp3) is 0.462. The number of nitrogens with one attached hydrogen (secondary N) is 1. The number of nitrogens with two attached hydrogens (primary N) is 1. The van der Waals surface area contributed by atoms with Crippen molar-refractivity contribution in [3.63, 3.8) is 0 Å². The molecule has 1 aliphatic heterocycles. The van der Waals surface area contributed by atoms with Gasteiger partial charge in [0.2, 0.25) is 0 Å². The van der Waals surface area contributed by atoms with Crippen molar-refractivity contribution in [1.29, 1.82) is 0 Å². The van der Waals surface area contributed by atoms with Gasteiger partial charge in [-0.2, -0.15) is 0 Å². The van der Waals surface area contributed by atoms with Crippen LogP contribution < -0.4 is 15.8 Å². The van der Waals surface area contributed by atoms with Crippen molar-refractivity contribution in [2.45, 2.75) is 25.6 Å². The third kappa shape index (κ3) is 2.63. The molecule has 0 radical (unpaired) electrons. The lowest BCUT2D eigenvalue weighted by Crippen LogP contribution is -2.38. The van der Waals surface area contributed by atoms with Crippen molar-refractivity contribution < 1.29 is 18.7 Å². The zero-order valence-electron chi connectivity index (χ0n) is 10.9. The van der Waals surface area contributed by atoms with Crippen molar-refractivity contribution in [1.82, 2.24) is 5.32 Å². The Labute approximate surface area is 110 Å². The predicted octanol–water partition coefficient (Wildman–Crippen LogP) is 1.51. The summed E-state index contributed by atoms with van der Waals surface area (Å²) in [5.41, 5.74) is 5.17. The van der Waals surface area contributed by atoms with E-state index in [0.717, 1.165) is 0 Å². The van der Waals surface area contributed by atoms with Crippen molar-refractivity contribution >= 4 is 6.09 Å². The van der Waals surface area contributed by atoms with Gasteiger partial charge in [-0.1, -0.05) is 6.07 Å². The lowest BCUT2D eigenvalue weighted by Gasteiger charge is -2.25. The minimum absolute atomic E-state index is 0.0789. The molecule has 1 atom stereocenters. The molecule has 1 unspecified atom stereocenters. The zero-order chi connectivity index (χ0) is 14.0. The van der Waals surface area contributed by atoms with Crippen LogP contribution in [0.5, 0.6) is 5.75 Å². The standard InChI is InChI=1S/C13H17FN2O3/c1-8(2)18-11-4-3-9(5-10(11)14)13(6-15)7-16-12(17)19-13/h3-5,8H,6-7,15H2,1-2H3,(H,16,17). The van der Waals surface area contributed by atoms with Gasteiger partial charge < -0.3 is 20.5 Å². The molecule has 1 aromatic rings. The molecular weight excluding hydrogens is 251 g/mol. The molecule has 3 N–H and O–H groups in total. The van der Waals surface area contributed by atoms with E-state index in [1.54, 1.807) is 6.07 Å². The van der Waals surface area contributed by atoms with Crippen LogP contribution in [0.3, 0.4) is 0 Å². The summed E-state index contributed by atoms with van der Waals surface area (Å²) in [7, 11) is 0. The van der Waals surface area contributed by atoms with E-state index in [0.29, 0.717) is 5.56 Å². The van der Waals surface area contributed by atoms with E-state index >= 15 is 0 Å². The molecule has 2 rings (SSSR count). The number of hydrogen-bond acceptors (Lipinski definition) is 4. The molecule has 0 saturated carbocycles. The molecule has 1 aromatic carbocycles. The average Bonchev–Trinajstić information content (AvgIpc) is 2.74. The minimum Gasteiger partial charge on any atom is -0.488 e. The van der Waals surface area contributed by atoms with Crippen LogP contribution in [0.2, 0.25) is 0 Å². The summed E-state index contributed by atoms with van der Waals surface area (Å²) in [5, 5.41) is 2.53. The fourth-order valence-corrected chi connectivity index (χ4v) is 1.99. The third-order valence-electron chi connectivity index (χ3n) is 2.96. The van der Waals surface area contributed by atoms with Gasteiger partial charge in [0.1, 0.15) is 0 Å². The molecule has 1 heterocycles. The second kappa shape index (κ2) is 5.05. The molecule has 0 aliphatic carbocycles. The molecule has 0 aromatic heterocycles. The van der Waals surface area contributed by atoms with Gasteiger partial charge in [-0.25, -0.2) is 9.18 Å². The summed E-state index contributed by atoms with van der Waals surface area (Å²) in [4.78, 5) is 11.2. The van der Waals surface area contributed by atoms with Gasteiger partial charge in [-0.15, -0.1) is 0 Å². The van der Waals surface area contributed by atoms with Crippen molar-refractivity contribution in [2.24, 2.45) is 5.73 Å². The highest BCUT2D eigenvalue weighted by molar-refractivity contribution is 5.70. The van der Waals surface area contributed by atoms with E-state index in [2.05, 4.69) is 5.32 Å². The first-order chi connectivity index (χ1) is 8.97. The van der Waals surface area contributed by atoms with Gasteiger partial charge in [-0.05, 0) is 26.0 Å². The number of alkyl carbamates (subject to hydrolysis) is 1. The topological polar surface area (TPSA) is 73.6 Å². The van der Waals surface area contributed by atoms with Gasteiger partial charge in [0.15, 0.2) is 17.2 Å². The predicted molar refractivity (Wildman–Crippen MR) is 67.4 cm³/mol. The van der Waals surface area contributed by atoms with Gasteiger partial charge in [0.25, 0.3) is 0 Å². The Hall–Kier alpha value is -1.82. The van der Waals surface area contributed by atoms with Crippen molar-refractivity contribution in [2.75, 3.05) is 13.1 Å². The molecule has 0 bridgehead atoms. The molecule has 104 valence electrons. The van der Waals surface area contributed by atoms with Gasteiger partial charge in [0.05, 0.1) is 12.6 Å². The molecule has 1 fully saturated rings. The maximum atomic E-state index is 13.9. The monoisotopic (exact) mass is 268 g/mol. The highest BCUT2D eigenvalue weighted by atomic mass is 19.1. The number of carbonyl (C=O) groups excluding carboxylic acids is 1. The highest BCUT2D eigenvalue weighted by Crippen LogP contribution is 2.31. The zero-order valence-corrected chi connectivity index (χ0v) is 10.9. The van der Waals surface area contributed by atoms with E-state index in [4.69, 9.17) is 15.2 Å². The number of cyclic esters (lactones) is 1. The third-order valence-corrected chi connectivity index (χ3v) is 2.96. The molecule has 0 spiro atoms. The molecule has 1 aliphatic rings. The molecule has 19 heavy (non-hydrogen) atoms. The smallest absolute Gasteiger partial charge is 0.408 e. The largest absolute Gasteiger partial charge is 0.488 e. The highest BCUT2D eigenvalue weighted by Gasteiger charge is 2.41. The Morgan fingerprint density at radius 2 is 2.32 bits per heavy atom. The number of ether oxygens (including phenoxy) is 2. The maximum Gasteiger partial charge on any atom is 0.408 e. The van der Waals surface area contributed by atoms with Gasteiger partial charge >= 0.3 is 6.09 Å². The lowest BCUT2D eigenvalue weighted by molar-refractivity contribution is 0.0613. The maximum absolute atomic E-state index is 13.9. The van der Waals surface area contributed by atoms with Crippen molar-refractivity contribution in [3.05, 3.63) is 29.6 Å². The van der Waals surface area contributed by atoms with E-state index in [1.165, 1.54) is 12.1 Å². The van der Waals surface area contributed by atoms with E-state index in [1.807, 2.05) is 13.8 Å². The van der Waals surface area contributed by atoms with Crippen LogP contribution in [0, 0.1) is 5.82 Å². The summed E-state index contributed by atoms with van der Waals surface area (Å²) < 4.78 is 24.4. The quantitative estimate of drug-likeness (QED) is 0.868. The lowest BCUT2D eigenvalue weighted by atomic mass is 9.94. The first kappa shape index (κ1) is 13.6. The number of benzene rings is 1. The van der Waals surface area contributed by atoms with E-state index in [9.17, 15) is 9.18 Å². The second-order valence-electron chi connectivity index (χ2n) is 4.75. The number of carbonyl (C=O) groups is 1. The number of amides is 1. The van der Waals surface area contributed by atoms with Crippen LogP contribution in [0.25, 0.3) is 0 Å². The van der Waals surface area contributed by atoms with Crippen LogP contribution in [-0.4, -0.2) is 25.3 Å². The normalized spacial score (nSPS) is 22.3. The Bertz CT molecular complexity index is 493. The Morgan fingerprint density at radius 1 is 1.58 bits per heavy atom. The van der Waals surface area contributed by atoms with Crippen molar-refractivity contribution in [3.8, 4) is 5.75 Å². The SMILES string of the molecule is CC(C)Oc1ccc(C2(CN)CNC(=O)O2)cc1F. The molecule has 6 heteroatoms. The first-order valence-corrected chi connectivity index (χ1v) is 6.10. The van der Waals surface area contributed by atoms with Crippen LogP contribution in [0.15, 0.2) is 18.2 Å². The summed E-state index contributed by atoms with van der Waals surface area (Å²) in [6.45, 7) is 3.94. The second-order valence-corrected chi connectivity index (χ2v) is 4.75. The fourth-order valence-electron chi connectivity index (χ4n) is 1.99. The minimum atomic E-state index is -1.01. The van der Waals surface area contributed by atoms with Crippen LogP contribution in [0.4, 0.5) is 9.18 Å². The molecule has 5 nitrogen and oxygen atoms in total. The molecule has 1 amide bonds. The molecular formula is C13H17FN2O3. The van der Waals surface area contributed by atoms with Crippen LogP contribution >= 0.6 is 0 Å². The summed E-state index contributed by atoms with van der Waals surface area (Å²) in [6, 6.07) is 4.48. The summed E-state index contributed by atoms with van der Waals surface area (Å²) in [5.74, 6) is -0.329. The number of rotatable bonds is 4. The van der Waals surface area contributed by atoms with E-state index < -0.39 is 17.5 Å². The van der Waals surface area contributed by atoms with E-state index in [-0.39, 0.29) is 24.9 Å². The Morgan fingerprint density at radius 3 is 2.79 bits per heavy atom. The summed E-state index contributed by atoms with van der Waals surface area (Å²) >= 11 is 0. The summed E-state index contributed by atoms with van der Waals surface area (Å²) in [6.07, 6.45) is -0.664. The Balaban J connectivity index is 2.30. The number of hydrogen-bond donors (Lipinski definition) is 2. The van der Waals surface area contributed by atoms with Gasteiger partial charge in [0, 0.05) is 12.1 Å². The van der Waals surface area contributed by atoms with Gasteiger partial charge in [-0.3, -0.25) is 0 Å². The van der Waals surface area contributed by atoms with Crippen LogP contribution in [0.1, 0.15) is 19.4 Å². The van der Waals surface area contributed by atoms with Crippen LogP contribution in [-0.2, 0) is 10.3 Å². The first-order valence-electron chi connectivity index (χ1n) is 6.10. The Kier molecular flexibility index (Phi) is 3.61.